The summed E-state index contributed by atoms with van der Waals surface area (Å²) < 4.78 is 0. The maximum Gasteiger partial charge on any atom is 0.227 e. The van der Waals surface area contributed by atoms with Gasteiger partial charge in [-0.05, 0) is 51.0 Å². The molecular formula is C17H28N2O. The molecule has 3 nitrogen and oxygen atoms in total. The van der Waals surface area contributed by atoms with E-state index in [1.54, 1.807) is 0 Å². The predicted octanol–water partition coefficient (Wildman–Crippen LogP) is 2.98. The lowest BCUT2D eigenvalue weighted by Gasteiger charge is -2.18. The Hall–Kier alpha value is -1.35. The molecule has 0 aliphatic heterocycles. The Bertz CT molecular complexity index is 427. The smallest absolute Gasteiger partial charge is 0.227 e. The van der Waals surface area contributed by atoms with Crippen molar-refractivity contribution in [1.29, 1.82) is 0 Å². The van der Waals surface area contributed by atoms with Gasteiger partial charge in [-0.1, -0.05) is 38.1 Å². The Morgan fingerprint density at radius 2 is 1.75 bits per heavy atom. The van der Waals surface area contributed by atoms with Gasteiger partial charge in [-0.2, -0.15) is 0 Å². The minimum Gasteiger partial charge on any atom is -0.356 e. The summed E-state index contributed by atoms with van der Waals surface area (Å²) in [5.41, 5.74) is 2.41. The van der Waals surface area contributed by atoms with Gasteiger partial charge in [-0.25, -0.2) is 0 Å². The molecule has 0 spiro atoms. The minimum atomic E-state index is -0.0899. The third-order valence-electron chi connectivity index (χ3n) is 3.56. The molecule has 0 aliphatic carbocycles. The molecule has 0 aromatic heterocycles. The highest BCUT2D eigenvalue weighted by Crippen LogP contribution is 2.26. The van der Waals surface area contributed by atoms with Crippen LogP contribution in [-0.4, -0.2) is 38.0 Å². The normalized spacial score (nSPS) is 12.8. The number of carbonyl (C=O) groups excluding carboxylic acids is 1. The average molecular weight is 276 g/mol. The van der Waals surface area contributed by atoms with Crippen LogP contribution in [0.25, 0.3) is 0 Å². The van der Waals surface area contributed by atoms with Crippen molar-refractivity contribution in [3.63, 3.8) is 0 Å². The van der Waals surface area contributed by atoms with Crippen molar-refractivity contribution in [3.05, 3.63) is 35.4 Å². The summed E-state index contributed by atoms with van der Waals surface area (Å²) >= 11 is 0. The molecular weight excluding hydrogens is 248 g/mol. The highest BCUT2D eigenvalue weighted by molar-refractivity contribution is 5.83. The summed E-state index contributed by atoms with van der Waals surface area (Å²) in [5.74, 6) is 0.472. The van der Waals surface area contributed by atoms with Gasteiger partial charge in [-0.15, -0.1) is 0 Å². The van der Waals surface area contributed by atoms with Gasteiger partial charge in [0, 0.05) is 6.54 Å². The average Bonchev–Trinajstić information content (AvgIpc) is 2.42. The molecule has 1 atom stereocenters. The zero-order chi connectivity index (χ0) is 15.1. The van der Waals surface area contributed by atoms with E-state index >= 15 is 0 Å². The van der Waals surface area contributed by atoms with E-state index in [2.05, 4.69) is 36.2 Å². The minimum absolute atomic E-state index is 0.0899. The Balaban J connectivity index is 2.61. The van der Waals surface area contributed by atoms with Crippen molar-refractivity contribution in [2.75, 3.05) is 27.2 Å². The summed E-state index contributed by atoms with van der Waals surface area (Å²) in [4.78, 5) is 14.4. The predicted molar refractivity (Wildman–Crippen MR) is 85.1 cm³/mol. The van der Waals surface area contributed by atoms with Gasteiger partial charge in [0.1, 0.15) is 0 Å². The highest BCUT2D eigenvalue weighted by Gasteiger charge is 2.18. The molecule has 1 unspecified atom stereocenters. The van der Waals surface area contributed by atoms with E-state index in [4.69, 9.17) is 0 Å². The second-order valence-corrected chi connectivity index (χ2v) is 5.95. The third-order valence-corrected chi connectivity index (χ3v) is 3.56. The first-order chi connectivity index (χ1) is 9.43. The van der Waals surface area contributed by atoms with Crippen molar-refractivity contribution in [2.24, 2.45) is 0 Å². The zero-order valence-electron chi connectivity index (χ0n) is 13.4. The van der Waals surface area contributed by atoms with Gasteiger partial charge in [0.25, 0.3) is 0 Å². The molecule has 112 valence electrons. The van der Waals surface area contributed by atoms with Crippen LogP contribution >= 0.6 is 0 Å². The maximum absolute atomic E-state index is 12.2. The lowest BCUT2D eigenvalue weighted by Crippen LogP contribution is -2.31. The van der Waals surface area contributed by atoms with E-state index in [0.29, 0.717) is 5.92 Å². The first-order valence-corrected chi connectivity index (χ1v) is 7.44. The van der Waals surface area contributed by atoms with Gasteiger partial charge >= 0.3 is 0 Å². The largest absolute Gasteiger partial charge is 0.356 e. The van der Waals surface area contributed by atoms with E-state index in [-0.39, 0.29) is 11.8 Å². The Morgan fingerprint density at radius 1 is 1.15 bits per heavy atom. The molecule has 1 N–H and O–H groups in total. The third kappa shape index (κ3) is 4.97. The summed E-state index contributed by atoms with van der Waals surface area (Å²) in [6, 6.07) is 8.24. The summed E-state index contributed by atoms with van der Waals surface area (Å²) in [5, 5.41) is 3.04. The van der Waals surface area contributed by atoms with Crippen molar-refractivity contribution in [2.45, 2.75) is 39.0 Å². The van der Waals surface area contributed by atoms with Crippen LogP contribution < -0.4 is 5.32 Å². The van der Waals surface area contributed by atoms with Crippen molar-refractivity contribution in [3.8, 4) is 0 Å². The lowest BCUT2D eigenvalue weighted by molar-refractivity contribution is -0.122. The molecule has 3 heteroatoms. The van der Waals surface area contributed by atoms with Crippen molar-refractivity contribution in [1.82, 2.24) is 10.2 Å². The summed E-state index contributed by atoms with van der Waals surface area (Å²) in [6.07, 6.45) is 0.983. The van der Waals surface area contributed by atoms with E-state index in [9.17, 15) is 4.79 Å². The molecule has 0 heterocycles. The molecule has 1 amide bonds. The van der Waals surface area contributed by atoms with E-state index in [0.717, 1.165) is 25.1 Å². The van der Waals surface area contributed by atoms with Crippen LogP contribution in [0.2, 0.25) is 0 Å². The fourth-order valence-electron chi connectivity index (χ4n) is 2.33. The molecule has 20 heavy (non-hydrogen) atoms. The SMILES string of the molecule is CC(C)c1ccccc1C(C)C(=O)NCCCN(C)C. The number of rotatable bonds is 7. The fraction of sp³-hybridized carbons (Fsp3) is 0.588. The van der Waals surface area contributed by atoms with Crippen molar-refractivity contribution < 1.29 is 4.79 Å². The standard InChI is InChI=1S/C17H28N2O/c1-13(2)15-9-6-7-10-16(15)14(3)17(20)18-11-8-12-19(4)5/h6-7,9-10,13-14H,8,11-12H2,1-5H3,(H,18,20). The Labute approximate surface area is 123 Å². The van der Waals surface area contributed by atoms with Gasteiger partial charge in [0.2, 0.25) is 5.91 Å². The van der Waals surface area contributed by atoms with Crippen LogP contribution in [0.3, 0.4) is 0 Å². The van der Waals surface area contributed by atoms with Crippen LogP contribution in [0.15, 0.2) is 24.3 Å². The van der Waals surface area contributed by atoms with Gasteiger partial charge in [0.15, 0.2) is 0 Å². The molecule has 0 aliphatic rings. The lowest BCUT2D eigenvalue weighted by atomic mass is 9.89. The van der Waals surface area contributed by atoms with Gasteiger partial charge in [-0.3, -0.25) is 4.79 Å². The number of nitrogens with zero attached hydrogens (tertiary/aromatic N) is 1. The van der Waals surface area contributed by atoms with Crippen LogP contribution in [-0.2, 0) is 4.79 Å². The van der Waals surface area contributed by atoms with Crippen molar-refractivity contribution >= 4 is 5.91 Å². The first kappa shape index (κ1) is 16.7. The summed E-state index contributed by atoms with van der Waals surface area (Å²) in [7, 11) is 4.09. The molecule has 1 aromatic rings. The van der Waals surface area contributed by atoms with Crippen LogP contribution in [0, 0.1) is 0 Å². The second kappa shape index (κ2) is 8.05. The number of nitrogens with one attached hydrogen (secondary N) is 1. The molecule has 1 aromatic carbocycles. The first-order valence-electron chi connectivity index (χ1n) is 7.44. The van der Waals surface area contributed by atoms with Gasteiger partial charge < -0.3 is 10.2 Å². The molecule has 0 saturated carbocycles. The molecule has 0 saturated heterocycles. The second-order valence-electron chi connectivity index (χ2n) is 5.95. The van der Waals surface area contributed by atoms with Crippen LogP contribution in [0.4, 0.5) is 0 Å². The Morgan fingerprint density at radius 3 is 2.30 bits per heavy atom. The number of hydrogen-bond donors (Lipinski definition) is 1. The topological polar surface area (TPSA) is 32.3 Å². The number of hydrogen-bond acceptors (Lipinski definition) is 2. The fourth-order valence-corrected chi connectivity index (χ4v) is 2.33. The van der Waals surface area contributed by atoms with E-state index < -0.39 is 0 Å². The maximum atomic E-state index is 12.2. The van der Waals surface area contributed by atoms with Crippen LogP contribution in [0.1, 0.15) is 50.2 Å². The number of benzene rings is 1. The van der Waals surface area contributed by atoms with E-state index in [1.807, 2.05) is 33.2 Å². The molecule has 0 radical (unpaired) electrons. The number of carbonyl (C=O) groups is 1. The molecule has 1 rings (SSSR count). The Kier molecular flexibility index (Phi) is 6.73. The molecule has 0 bridgehead atoms. The molecule has 0 fully saturated rings. The number of amides is 1. The summed E-state index contributed by atoms with van der Waals surface area (Å²) in [6.45, 7) is 8.06. The van der Waals surface area contributed by atoms with E-state index in [1.165, 1.54) is 5.56 Å². The zero-order valence-corrected chi connectivity index (χ0v) is 13.4. The highest BCUT2D eigenvalue weighted by atomic mass is 16.1. The monoisotopic (exact) mass is 276 g/mol. The van der Waals surface area contributed by atoms with Crippen LogP contribution in [0.5, 0.6) is 0 Å². The van der Waals surface area contributed by atoms with Gasteiger partial charge in [0.05, 0.1) is 5.92 Å². The quantitative estimate of drug-likeness (QED) is 0.777.